The molecule has 8 heteroatoms. The van der Waals surface area contributed by atoms with E-state index in [1.807, 2.05) is 36.2 Å². The average molecular weight is 429 g/mol. The van der Waals surface area contributed by atoms with Gasteiger partial charge in [0.2, 0.25) is 5.91 Å². The Kier molecular flexibility index (Phi) is 8.50. The lowest BCUT2D eigenvalue weighted by Crippen LogP contribution is -2.49. The second-order valence-corrected chi connectivity index (χ2v) is 8.35. The Labute approximate surface area is 183 Å². The van der Waals surface area contributed by atoms with Gasteiger partial charge in [0, 0.05) is 62.5 Å². The Balaban J connectivity index is 1.44. The van der Waals surface area contributed by atoms with Gasteiger partial charge in [-0.1, -0.05) is 25.1 Å². The lowest BCUT2D eigenvalue weighted by molar-refractivity contribution is -0.129. The number of piperazine rings is 1. The minimum Gasteiger partial charge on any atom is -0.368 e. The van der Waals surface area contributed by atoms with Crippen molar-refractivity contribution < 1.29 is 4.79 Å². The number of benzene rings is 1. The lowest BCUT2D eigenvalue weighted by atomic mass is 10.2. The maximum Gasteiger partial charge on any atom is 0.244 e. The van der Waals surface area contributed by atoms with Gasteiger partial charge in [-0.3, -0.25) is 4.79 Å². The first kappa shape index (κ1) is 22.1. The quantitative estimate of drug-likeness (QED) is 0.498. The monoisotopic (exact) mass is 428 g/mol. The number of hydrogen-bond acceptors (Lipinski definition) is 5. The molecule has 0 radical (unpaired) electrons. The Hall–Kier alpha value is -2.61. The fraction of sp³-hybridized carbons (Fsp3) is 0.500. The second-order valence-electron chi connectivity index (χ2n) is 7.15. The van der Waals surface area contributed by atoms with Crippen molar-refractivity contribution in [2.45, 2.75) is 26.7 Å². The third-order valence-electron chi connectivity index (χ3n) is 5.05. The van der Waals surface area contributed by atoms with Crippen molar-refractivity contribution in [2.75, 3.05) is 50.7 Å². The second kappa shape index (κ2) is 11.5. The zero-order valence-corrected chi connectivity index (χ0v) is 18.7. The average Bonchev–Trinajstić information content (AvgIpc) is 3.26. The minimum atomic E-state index is 0.0763. The van der Waals surface area contributed by atoms with Crippen LogP contribution in [0.25, 0.3) is 0 Å². The number of amides is 1. The van der Waals surface area contributed by atoms with Crippen molar-refractivity contribution in [3.8, 4) is 0 Å². The highest BCUT2D eigenvalue weighted by atomic mass is 32.1. The number of thiazole rings is 1. The summed E-state index contributed by atoms with van der Waals surface area (Å²) >= 11 is 1.76. The summed E-state index contributed by atoms with van der Waals surface area (Å²) < 4.78 is 0. The number of aromatic nitrogens is 1. The van der Waals surface area contributed by atoms with Crippen molar-refractivity contribution in [3.05, 3.63) is 46.4 Å². The van der Waals surface area contributed by atoms with Crippen LogP contribution in [0.5, 0.6) is 0 Å². The number of nitrogens with one attached hydrogen (secondary N) is 2. The SMILES string of the molecule is CCNC(=NCC(=O)N1CCN(c2ccccc2)CC1)NCCc1ncc(CC)s1. The number of anilines is 1. The van der Waals surface area contributed by atoms with Crippen molar-refractivity contribution in [1.82, 2.24) is 20.5 Å². The molecule has 1 amide bonds. The molecule has 30 heavy (non-hydrogen) atoms. The largest absolute Gasteiger partial charge is 0.368 e. The number of aliphatic imine (C=N–C) groups is 1. The van der Waals surface area contributed by atoms with Crippen molar-refractivity contribution in [3.63, 3.8) is 0 Å². The first-order chi connectivity index (χ1) is 14.7. The Morgan fingerprint density at radius 1 is 1.13 bits per heavy atom. The van der Waals surface area contributed by atoms with Crippen molar-refractivity contribution >= 4 is 28.9 Å². The number of nitrogens with zero attached hydrogens (tertiary/aromatic N) is 4. The topological polar surface area (TPSA) is 72.9 Å². The molecule has 7 nitrogen and oxygen atoms in total. The van der Waals surface area contributed by atoms with Gasteiger partial charge in [-0.05, 0) is 25.5 Å². The summed E-state index contributed by atoms with van der Waals surface area (Å²) in [7, 11) is 0. The molecule has 1 fully saturated rings. The summed E-state index contributed by atoms with van der Waals surface area (Å²) in [4.78, 5) is 27.1. The molecule has 3 rings (SSSR count). The number of carbonyl (C=O) groups excluding carboxylic acids is 1. The van der Waals surface area contributed by atoms with E-state index in [9.17, 15) is 4.79 Å². The molecule has 0 spiro atoms. The highest BCUT2D eigenvalue weighted by molar-refractivity contribution is 7.11. The first-order valence-corrected chi connectivity index (χ1v) is 11.5. The highest BCUT2D eigenvalue weighted by Crippen LogP contribution is 2.15. The van der Waals surface area contributed by atoms with Crippen molar-refractivity contribution in [2.24, 2.45) is 4.99 Å². The van der Waals surface area contributed by atoms with Gasteiger partial charge in [0.15, 0.2) is 5.96 Å². The van der Waals surface area contributed by atoms with E-state index in [1.54, 1.807) is 11.3 Å². The fourth-order valence-corrected chi connectivity index (χ4v) is 4.22. The molecule has 2 heterocycles. The highest BCUT2D eigenvalue weighted by Gasteiger charge is 2.21. The van der Waals surface area contributed by atoms with Gasteiger partial charge in [-0.2, -0.15) is 0 Å². The smallest absolute Gasteiger partial charge is 0.244 e. The van der Waals surface area contributed by atoms with E-state index >= 15 is 0 Å². The molecule has 0 aliphatic carbocycles. The van der Waals surface area contributed by atoms with Crippen LogP contribution in [0.2, 0.25) is 0 Å². The van der Waals surface area contributed by atoms with Crippen LogP contribution in [0.1, 0.15) is 23.7 Å². The predicted octanol–water partition coefficient (Wildman–Crippen LogP) is 2.15. The minimum absolute atomic E-state index is 0.0763. The number of para-hydroxylation sites is 1. The molecule has 1 aromatic heterocycles. The van der Waals surface area contributed by atoms with Crippen LogP contribution in [0.3, 0.4) is 0 Å². The Morgan fingerprint density at radius 2 is 1.90 bits per heavy atom. The molecular weight excluding hydrogens is 396 g/mol. The van der Waals surface area contributed by atoms with Crippen LogP contribution in [-0.4, -0.2) is 67.6 Å². The number of carbonyl (C=O) groups is 1. The molecule has 162 valence electrons. The van der Waals surface area contributed by atoms with E-state index in [4.69, 9.17) is 0 Å². The summed E-state index contributed by atoms with van der Waals surface area (Å²) in [5.41, 5.74) is 1.22. The van der Waals surface area contributed by atoms with Gasteiger partial charge < -0.3 is 20.4 Å². The molecule has 0 bridgehead atoms. The van der Waals surface area contributed by atoms with E-state index in [-0.39, 0.29) is 12.5 Å². The molecule has 1 aliphatic rings. The molecule has 0 saturated carbocycles. The number of guanidine groups is 1. The number of rotatable bonds is 8. The van der Waals surface area contributed by atoms with Gasteiger partial charge >= 0.3 is 0 Å². The zero-order chi connectivity index (χ0) is 21.2. The van der Waals surface area contributed by atoms with Gasteiger partial charge in [-0.15, -0.1) is 11.3 Å². The van der Waals surface area contributed by atoms with Crippen LogP contribution >= 0.6 is 11.3 Å². The maximum absolute atomic E-state index is 12.6. The third-order valence-corrected chi connectivity index (χ3v) is 6.25. The van der Waals surface area contributed by atoms with Crippen LogP contribution in [0.15, 0.2) is 41.5 Å². The molecule has 0 unspecified atom stereocenters. The summed E-state index contributed by atoms with van der Waals surface area (Å²) in [6.45, 7) is 9.00. The van der Waals surface area contributed by atoms with Crippen LogP contribution in [-0.2, 0) is 17.6 Å². The Bertz CT molecular complexity index is 814. The van der Waals surface area contributed by atoms with Gasteiger partial charge in [0.1, 0.15) is 6.54 Å². The number of hydrogen-bond donors (Lipinski definition) is 2. The zero-order valence-electron chi connectivity index (χ0n) is 17.9. The lowest BCUT2D eigenvalue weighted by Gasteiger charge is -2.36. The Morgan fingerprint density at radius 3 is 2.57 bits per heavy atom. The van der Waals surface area contributed by atoms with Gasteiger partial charge in [-0.25, -0.2) is 9.98 Å². The molecule has 2 N–H and O–H groups in total. The molecule has 2 aromatic rings. The van der Waals surface area contributed by atoms with E-state index in [0.717, 1.165) is 57.1 Å². The van der Waals surface area contributed by atoms with Crippen LogP contribution in [0, 0.1) is 0 Å². The molecule has 1 aliphatic heterocycles. The van der Waals surface area contributed by atoms with E-state index in [2.05, 4.69) is 44.6 Å². The predicted molar refractivity (Wildman–Crippen MR) is 124 cm³/mol. The van der Waals surface area contributed by atoms with Crippen LogP contribution < -0.4 is 15.5 Å². The van der Waals surface area contributed by atoms with Crippen LogP contribution in [0.4, 0.5) is 5.69 Å². The maximum atomic E-state index is 12.6. The molecular formula is C22H32N6OS. The number of aryl methyl sites for hydroxylation is 1. The third kappa shape index (κ3) is 6.45. The normalized spacial score (nSPS) is 14.7. The molecule has 1 saturated heterocycles. The van der Waals surface area contributed by atoms with E-state index in [1.165, 1.54) is 10.6 Å². The van der Waals surface area contributed by atoms with E-state index in [0.29, 0.717) is 5.96 Å². The molecule has 0 atom stereocenters. The van der Waals surface area contributed by atoms with Gasteiger partial charge in [0.25, 0.3) is 0 Å². The van der Waals surface area contributed by atoms with E-state index < -0.39 is 0 Å². The van der Waals surface area contributed by atoms with Gasteiger partial charge in [0.05, 0.1) is 5.01 Å². The van der Waals surface area contributed by atoms with Crippen molar-refractivity contribution in [1.29, 1.82) is 0 Å². The summed E-state index contributed by atoms with van der Waals surface area (Å²) in [5.74, 6) is 0.758. The molecule has 1 aromatic carbocycles. The standard InChI is InChI=1S/C22H32N6OS/c1-3-19-16-25-20(30-19)10-11-24-22(23-4-2)26-17-21(29)28-14-12-27(13-15-28)18-8-6-5-7-9-18/h5-9,16H,3-4,10-15,17H2,1-2H3,(H2,23,24,26). The fourth-order valence-electron chi connectivity index (χ4n) is 3.36. The summed E-state index contributed by atoms with van der Waals surface area (Å²) in [5, 5.41) is 7.65. The summed E-state index contributed by atoms with van der Waals surface area (Å²) in [6, 6.07) is 10.4. The first-order valence-electron chi connectivity index (χ1n) is 10.7. The summed E-state index contributed by atoms with van der Waals surface area (Å²) in [6.07, 6.45) is 3.83.